The maximum absolute atomic E-state index is 5.48. The van der Waals surface area contributed by atoms with Crippen LogP contribution in [0.25, 0.3) is 11.3 Å². The summed E-state index contributed by atoms with van der Waals surface area (Å²) >= 11 is 1.57. The molecule has 0 atom stereocenters. The van der Waals surface area contributed by atoms with Gasteiger partial charge in [-0.2, -0.15) is 5.10 Å². The molecular formula is C12H17N5S. The highest BCUT2D eigenvalue weighted by atomic mass is 32.2. The van der Waals surface area contributed by atoms with Crippen LogP contribution in [0.3, 0.4) is 0 Å². The number of aryl methyl sites for hydroxylation is 2. The van der Waals surface area contributed by atoms with E-state index in [0.29, 0.717) is 6.54 Å². The van der Waals surface area contributed by atoms with Crippen molar-refractivity contribution in [3.63, 3.8) is 0 Å². The third kappa shape index (κ3) is 2.88. The van der Waals surface area contributed by atoms with Crippen molar-refractivity contribution >= 4 is 11.8 Å². The van der Waals surface area contributed by atoms with Crippen molar-refractivity contribution in [2.45, 2.75) is 25.5 Å². The molecule has 5 nitrogen and oxygen atoms in total. The van der Waals surface area contributed by atoms with Crippen LogP contribution in [0.1, 0.15) is 12.6 Å². The van der Waals surface area contributed by atoms with Crippen LogP contribution in [-0.2, 0) is 6.54 Å². The molecular weight excluding hydrogens is 246 g/mol. The van der Waals surface area contributed by atoms with Gasteiger partial charge in [0.15, 0.2) is 5.16 Å². The standard InChI is InChI=1S/C12H17N5S/c1-3-17-8-10(9(2)16-17)11-4-6-14-12(15-11)18-7-5-13/h4,6,8H,3,5,7,13H2,1-2H3. The molecule has 0 bridgehead atoms. The summed E-state index contributed by atoms with van der Waals surface area (Å²) < 4.78 is 1.92. The Bertz CT molecular complexity index is 523. The predicted molar refractivity (Wildman–Crippen MR) is 73.4 cm³/mol. The smallest absolute Gasteiger partial charge is 0.188 e. The molecule has 0 aliphatic rings. The SMILES string of the molecule is CCn1cc(-c2ccnc(SCCN)n2)c(C)n1. The van der Waals surface area contributed by atoms with Crippen molar-refractivity contribution in [3.8, 4) is 11.3 Å². The van der Waals surface area contributed by atoms with Gasteiger partial charge in [0, 0.05) is 36.8 Å². The molecule has 0 radical (unpaired) electrons. The number of nitrogens with two attached hydrogens (primary N) is 1. The van der Waals surface area contributed by atoms with Crippen molar-refractivity contribution in [2.24, 2.45) is 5.73 Å². The average molecular weight is 263 g/mol. The molecule has 0 saturated heterocycles. The summed E-state index contributed by atoms with van der Waals surface area (Å²) in [6, 6.07) is 1.91. The highest BCUT2D eigenvalue weighted by Crippen LogP contribution is 2.22. The van der Waals surface area contributed by atoms with Gasteiger partial charge in [0.05, 0.1) is 11.4 Å². The fourth-order valence-electron chi connectivity index (χ4n) is 1.64. The quantitative estimate of drug-likeness (QED) is 0.657. The van der Waals surface area contributed by atoms with Crippen LogP contribution >= 0.6 is 11.8 Å². The Morgan fingerprint density at radius 3 is 2.94 bits per heavy atom. The van der Waals surface area contributed by atoms with Gasteiger partial charge in [-0.05, 0) is 19.9 Å². The van der Waals surface area contributed by atoms with Crippen molar-refractivity contribution < 1.29 is 0 Å². The van der Waals surface area contributed by atoms with E-state index in [1.807, 2.05) is 23.9 Å². The largest absolute Gasteiger partial charge is 0.330 e. The Kier molecular flexibility index (Phi) is 4.33. The molecule has 2 heterocycles. The molecule has 2 rings (SSSR count). The van der Waals surface area contributed by atoms with Gasteiger partial charge >= 0.3 is 0 Å². The van der Waals surface area contributed by atoms with E-state index in [1.165, 1.54) is 0 Å². The van der Waals surface area contributed by atoms with Crippen molar-refractivity contribution in [1.82, 2.24) is 19.7 Å². The van der Waals surface area contributed by atoms with E-state index in [-0.39, 0.29) is 0 Å². The summed E-state index contributed by atoms with van der Waals surface area (Å²) in [6.45, 7) is 5.56. The predicted octanol–water partition coefficient (Wildman–Crippen LogP) is 1.72. The van der Waals surface area contributed by atoms with E-state index in [4.69, 9.17) is 5.73 Å². The van der Waals surface area contributed by atoms with Gasteiger partial charge in [-0.3, -0.25) is 4.68 Å². The highest BCUT2D eigenvalue weighted by molar-refractivity contribution is 7.99. The zero-order valence-electron chi connectivity index (χ0n) is 10.6. The van der Waals surface area contributed by atoms with Gasteiger partial charge in [-0.1, -0.05) is 11.8 Å². The summed E-state index contributed by atoms with van der Waals surface area (Å²) in [7, 11) is 0. The lowest BCUT2D eigenvalue weighted by atomic mass is 10.2. The Hall–Kier alpha value is -1.40. The number of thioether (sulfide) groups is 1. The monoisotopic (exact) mass is 263 g/mol. The molecule has 0 fully saturated rings. The fourth-order valence-corrected chi connectivity index (χ4v) is 2.24. The fraction of sp³-hybridized carbons (Fsp3) is 0.417. The lowest BCUT2D eigenvalue weighted by Crippen LogP contribution is -2.02. The first-order valence-corrected chi connectivity index (χ1v) is 6.93. The number of hydrogen-bond donors (Lipinski definition) is 1. The average Bonchev–Trinajstić information content (AvgIpc) is 2.78. The van der Waals surface area contributed by atoms with Crippen molar-refractivity contribution in [2.75, 3.05) is 12.3 Å². The van der Waals surface area contributed by atoms with Gasteiger partial charge < -0.3 is 5.73 Å². The van der Waals surface area contributed by atoms with Crippen LogP contribution in [0, 0.1) is 6.92 Å². The number of rotatable bonds is 5. The van der Waals surface area contributed by atoms with Crippen LogP contribution < -0.4 is 5.73 Å². The molecule has 0 aliphatic carbocycles. The second-order valence-electron chi connectivity index (χ2n) is 3.85. The topological polar surface area (TPSA) is 69.6 Å². The second-order valence-corrected chi connectivity index (χ2v) is 4.91. The molecule has 18 heavy (non-hydrogen) atoms. The molecule has 2 N–H and O–H groups in total. The van der Waals surface area contributed by atoms with Gasteiger partial charge in [0.25, 0.3) is 0 Å². The third-order valence-electron chi connectivity index (χ3n) is 2.53. The molecule has 96 valence electrons. The first kappa shape index (κ1) is 13.0. The Labute approximate surface area is 111 Å². The third-order valence-corrected chi connectivity index (χ3v) is 3.42. The summed E-state index contributed by atoms with van der Waals surface area (Å²) in [6.07, 6.45) is 3.80. The minimum absolute atomic E-state index is 0.630. The van der Waals surface area contributed by atoms with Crippen molar-refractivity contribution in [1.29, 1.82) is 0 Å². The molecule has 2 aromatic heterocycles. The first-order valence-electron chi connectivity index (χ1n) is 5.95. The Morgan fingerprint density at radius 2 is 2.28 bits per heavy atom. The van der Waals surface area contributed by atoms with Crippen LogP contribution in [0.2, 0.25) is 0 Å². The molecule has 0 unspecified atom stereocenters. The zero-order chi connectivity index (χ0) is 13.0. The van der Waals surface area contributed by atoms with Crippen LogP contribution in [-0.4, -0.2) is 32.0 Å². The first-order chi connectivity index (χ1) is 8.74. The minimum atomic E-state index is 0.630. The van der Waals surface area contributed by atoms with E-state index in [0.717, 1.165) is 34.4 Å². The summed E-state index contributed by atoms with van der Waals surface area (Å²) in [5, 5.41) is 5.19. The molecule has 0 amide bonds. The molecule has 6 heteroatoms. The number of nitrogens with zero attached hydrogens (tertiary/aromatic N) is 4. The Balaban J connectivity index is 2.29. The lowest BCUT2D eigenvalue weighted by Gasteiger charge is -2.01. The molecule has 0 saturated carbocycles. The highest BCUT2D eigenvalue weighted by Gasteiger charge is 2.09. The lowest BCUT2D eigenvalue weighted by molar-refractivity contribution is 0.653. The van der Waals surface area contributed by atoms with E-state index in [1.54, 1.807) is 18.0 Å². The molecule has 0 aromatic carbocycles. The van der Waals surface area contributed by atoms with Crippen LogP contribution in [0.5, 0.6) is 0 Å². The van der Waals surface area contributed by atoms with Crippen molar-refractivity contribution in [3.05, 3.63) is 24.2 Å². The number of aromatic nitrogens is 4. The normalized spacial score (nSPS) is 10.8. The van der Waals surface area contributed by atoms with E-state index >= 15 is 0 Å². The number of hydrogen-bond acceptors (Lipinski definition) is 5. The maximum atomic E-state index is 5.48. The Morgan fingerprint density at radius 1 is 1.44 bits per heavy atom. The summed E-state index contributed by atoms with van der Waals surface area (Å²) in [4.78, 5) is 8.76. The molecule has 2 aromatic rings. The maximum Gasteiger partial charge on any atom is 0.188 e. The molecule has 0 spiro atoms. The van der Waals surface area contributed by atoms with Gasteiger partial charge in [0.1, 0.15) is 0 Å². The second kappa shape index (κ2) is 5.97. The van der Waals surface area contributed by atoms with Gasteiger partial charge in [0.2, 0.25) is 0 Å². The van der Waals surface area contributed by atoms with Crippen LogP contribution in [0.15, 0.2) is 23.6 Å². The molecule has 0 aliphatic heterocycles. The van der Waals surface area contributed by atoms with E-state index < -0.39 is 0 Å². The minimum Gasteiger partial charge on any atom is -0.330 e. The van der Waals surface area contributed by atoms with E-state index in [9.17, 15) is 0 Å². The van der Waals surface area contributed by atoms with Gasteiger partial charge in [-0.25, -0.2) is 9.97 Å². The summed E-state index contributed by atoms with van der Waals surface area (Å²) in [5.41, 5.74) is 8.45. The van der Waals surface area contributed by atoms with Crippen LogP contribution in [0.4, 0.5) is 0 Å². The summed E-state index contributed by atoms with van der Waals surface area (Å²) in [5.74, 6) is 0.830. The zero-order valence-corrected chi connectivity index (χ0v) is 11.4. The van der Waals surface area contributed by atoms with E-state index in [2.05, 4.69) is 22.0 Å². The van der Waals surface area contributed by atoms with Gasteiger partial charge in [-0.15, -0.1) is 0 Å².